The molecule has 8 rings (SSSR count). The molecule has 15 heteroatoms. The third kappa shape index (κ3) is 8.04. The fraction of sp³-hybridized carbons (Fsp3) is 0.469. The van der Waals surface area contributed by atoms with Gasteiger partial charge in [-0.3, -0.25) is 9.59 Å². The molecule has 0 bridgehead atoms. The van der Waals surface area contributed by atoms with Crippen molar-refractivity contribution < 1.29 is 33.4 Å². The Hall–Kier alpha value is -6.38. The van der Waals surface area contributed by atoms with Gasteiger partial charge in [0.15, 0.2) is 6.10 Å². The van der Waals surface area contributed by atoms with Gasteiger partial charge in [0.25, 0.3) is 5.91 Å². The third-order valence-corrected chi connectivity index (χ3v) is 13.6. The summed E-state index contributed by atoms with van der Waals surface area (Å²) in [4.78, 5) is 71.8. The first-order valence-electron chi connectivity index (χ1n) is 22.7. The van der Waals surface area contributed by atoms with Gasteiger partial charge < -0.3 is 44.6 Å². The lowest BCUT2D eigenvalue weighted by molar-refractivity contribution is -0.143. The number of nitrogens with one attached hydrogen (secondary N) is 4. The number of methoxy groups -OCH3 is 1. The number of alkyl carbamates (subject to hydrolysis) is 2. The standard InChI is InChI=1S/C49H60N8O7/c1-9-49(10-2)33-18-17-31(36-26-52-44(54-36)38-14-12-20-57(38)46(59)42(28(5)6)64-47(60)50-7)24-39(33)63-40-23-29-15-16-30(21-32(29)22-34(40)49)35-25-51-43(53-35)37-13-11-19-56(37)45(58)41(27(3)4)55-48(61)62-8/h15-18,21-28,37-38,41-42H,9-14,19-20H2,1-8H3,(H,50,60)(H,51,53)(H,52,54)(H,55,61)/t37-,38-,41-,42+/m0/s1. The van der Waals surface area contributed by atoms with Crippen molar-refractivity contribution in [2.45, 2.75) is 110 Å². The Balaban J connectivity index is 1.04. The molecule has 4 atom stereocenters. The van der Waals surface area contributed by atoms with Crippen LogP contribution in [0.3, 0.4) is 0 Å². The summed E-state index contributed by atoms with van der Waals surface area (Å²) in [6, 6.07) is 15.9. The smallest absolute Gasteiger partial charge is 0.407 e. The maximum Gasteiger partial charge on any atom is 0.407 e. The lowest BCUT2D eigenvalue weighted by Crippen LogP contribution is -2.51. The Morgan fingerprint density at radius 2 is 1.36 bits per heavy atom. The van der Waals surface area contributed by atoms with Crippen molar-refractivity contribution in [1.82, 2.24) is 40.4 Å². The maximum atomic E-state index is 13.7. The van der Waals surface area contributed by atoms with Crippen molar-refractivity contribution in [3.05, 3.63) is 83.7 Å². The van der Waals surface area contributed by atoms with Crippen LogP contribution in [-0.4, -0.2) is 93.1 Å². The van der Waals surface area contributed by atoms with Crippen molar-refractivity contribution in [3.8, 4) is 34.0 Å². The molecule has 5 aromatic rings. The van der Waals surface area contributed by atoms with Crippen LogP contribution in [0.1, 0.15) is 115 Å². The minimum Gasteiger partial charge on any atom is -0.457 e. The Morgan fingerprint density at radius 3 is 1.94 bits per heavy atom. The fourth-order valence-electron chi connectivity index (χ4n) is 9.97. The van der Waals surface area contributed by atoms with Crippen LogP contribution in [0.15, 0.2) is 60.9 Å². The highest BCUT2D eigenvalue weighted by molar-refractivity contribution is 5.90. The van der Waals surface area contributed by atoms with Crippen molar-refractivity contribution >= 4 is 34.8 Å². The zero-order chi connectivity index (χ0) is 45.4. The SMILES string of the molecule is CCC1(CC)c2ccc(-c3cnc([C@@H]4CCCN4C(=O)[C@H](OC(=O)NC)C(C)C)[nH]3)cc2Oc2cc3ccc(-c4cnc([C@@H]5CCCN5C(=O)[C@@H](NC(=O)OC)C(C)C)[nH]4)cc3cc21. The van der Waals surface area contributed by atoms with Gasteiger partial charge in [0.05, 0.1) is 43.0 Å². The van der Waals surface area contributed by atoms with Crippen molar-refractivity contribution in [1.29, 1.82) is 0 Å². The monoisotopic (exact) mass is 872 g/mol. The number of hydrogen-bond acceptors (Lipinski definition) is 9. The summed E-state index contributed by atoms with van der Waals surface area (Å²) in [7, 11) is 2.78. The van der Waals surface area contributed by atoms with Gasteiger partial charge in [0, 0.05) is 47.8 Å². The Labute approximate surface area is 374 Å². The van der Waals surface area contributed by atoms with Crippen LogP contribution in [0.4, 0.5) is 9.59 Å². The van der Waals surface area contributed by atoms with Gasteiger partial charge in [0.1, 0.15) is 29.2 Å². The molecule has 3 aliphatic rings. The number of fused-ring (bicyclic) bond motifs is 3. The average Bonchev–Trinajstić information content (AvgIpc) is 4.15. The molecule has 2 saturated heterocycles. The summed E-state index contributed by atoms with van der Waals surface area (Å²) in [5.41, 5.74) is 5.56. The van der Waals surface area contributed by atoms with Crippen LogP contribution in [0.2, 0.25) is 0 Å². The number of amides is 4. The fourth-order valence-corrected chi connectivity index (χ4v) is 9.97. The summed E-state index contributed by atoms with van der Waals surface area (Å²) in [5, 5.41) is 7.30. The van der Waals surface area contributed by atoms with E-state index in [4.69, 9.17) is 24.2 Å². The molecule has 0 saturated carbocycles. The van der Waals surface area contributed by atoms with Gasteiger partial charge >= 0.3 is 12.2 Å². The number of H-pyrrole nitrogens is 2. The number of imidazole rings is 2. The topological polar surface area (TPSA) is 184 Å². The average molecular weight is 873 g/mol. The largest absolute Gasteiger partial charge is 0.457 e. The van der Waals surface area contributed by atoms with Gasteiger partial charge in [-0.05, 0) is 85.4 Å². The van der Waals surface area contributed by atoms with Crippen LogP contribution in [0.25, 0.3) is 33.3 Å². The van der Waals surface area contributed by atoms with Crippen LogP contribution in [0.5, 0.6) is 11.5 Å². The normalized spacial score (nSPS) is 18.7. The molecule has 0 unspecified atom stereocenters. The van der Waals surface area contributed by atoms with Crippen molar-refractivity contribution in [3.63, 3.8) is 0 Å². The molecule has 3 aliphatic heterocycles. The van der Waals surface area contributed by atoms with Gasteiger partial charge in [-0.25, -0.2) is 19.6 Å². The first-order chi connectivity index (χ1) is 30.8. The molecule has 5 heterocycles. The summed E-state index contributed by atoms with van der Waals surface area (Å²) in [5.74, 6) is 2.37. The van der Waals surface area contributed by atoms with E-state index >= 15 is 0 Å². The van der Waals surface area contributed by atoms with Crippen LogP contribution in [0, 0.1) is 11.8 Å². The first-order valence-corrected chi connectivity index (χ1v) is 22.7. The number of aromatic amines is 2. The lowest BCUT2D eigenvalue weighted by Gasteiger charge is -2.39. The second kappa shape index (κ2) is 18.0. The maximum absolute atomic E-state index is 13.7. The molecule has 4 amide bonds. The van der Waals surface area contributed by atoms with E-state index in [1.807, 2.05) is 45.0 Å². The van der Waals surface area contributed by atoms with Crippen LogP contribution < -0.4 is 15.4 Å². The molecular formula is C49H60N8O7. The number of nitrogens with zero attached hydrogens (tertiary/aromatic N) is 4. The lowest BCUT2D eigenvalue weighted by atomic mass is 9.68. The molecule has 3 aromatic carbocycles. The van der Waals surface area contributed by atoms with E-state index in [1.54, 1.807) is 4.90 Å². The van der Waals surface area contributed by atoms with Crippen LogP contribution in [-0.2, 0) is 24.5 Å². The zero-order valence-corrected chi connectivity index (χ0v) is 38.0. The molecule has 0 spiro atoms. The summed E-state index contributed by atoms with van der Waals surface area (Å²) in [6.07, 6.45) is 6.41. The van der Waals surface area contributed by atoms with Gasteiger partial charge in [-0.2, -0.15) is 0 Å². The summed E-state index contributed by atoms with van der Waals surface area (Å²) < 4.78 is 17.1. The second-order valence-corrected chi connectivity index (χ2v) is 17.9. The van der Waals surface area contributed by atoms with E-state index in [1.165, 1.54) is 14.2 Å². The molecule has 2 fully saturated rings. The molecule has 15 nitrogen and oxygen atoms in total. The molecule has 64 heavy (non-hydrogen) atoms. The molecule has 0 radical (unpaired) electrons. The number of rotatable bonds is 12. The summed E-state index contributed by atoms with van der Waals surface area (Å²) in [6.45, 7) is 13.2. The van der Waals surface area contributed by atoms with Gasteiger partial charge in [-0.1, -0.05) is 65.8 Å². The van der Waals surface area contributed by atoms with Gasteiger partial charge in [0.2, 0.25) is 5.91 Å². The Kier molecular flexibility index (Phi) is 12.4. The van der Waals surface area contributed by atoms with E-state index in [0.29, 0.717) is 18.9 Å². The molecule has 2 aromatic heterocycles. The number of ether oxygens (including phenoxy) is 3. The van der Waals surface area contributed by atoms with Crippen molar-refractivity contribution in [2.75, 3.05) is 27.2 Å². The zero-order valence-electron chi connectivity index (χ0n) is 38.0. The first kappa shape index (κ1) is 44.2. The summed E-state index contributed by atoms with van der Waals surface area (Å²) >= 11 is 0. The molecule has 338 valence electrons. The Morgan fingerprint density at radius 1 is 0.766 bits per heavy atom. The predicted molar refractivity (Wildman–Crippen MR) is 243 cm³/mol. The van der Waals surface area contributed by atoms with E-state index in [2.05, 4.69) is 83.0 Å². The van der Waals surface area contributed by atoms with Crippen molar-refractivity contribution in [2.24, 2.45) is 11.8 Å². The number of likely N-dealkylation sites (tertiary alicyclic amines) is 2. The number of carbonyl (C=O) groups is 4. The molecular weight excluding hydrogens is 813 g/mol. The second-order valence-electron chi connectivity index (χ2n) is 17.9. The van der Waals surface area contributed by atoms with Crippen LogP contribution >= 0.6 is 0 Å². The van der Waals surface area contributed by atoms with E-state index in [-0.39, 0.29) is 41.1 Å². The van der Waals surface area contributed by atoms with E-state index < -0.39 is 24.3 Å². The van der Waals surface area contributed by atoms with E-state index in [9.17, 15) is 19.2 Å². The number of carbonyl (C=O) groups excluding carboxylic acids is 4. The van der Waals surface area contributed by atoms with Gasteiger partial charge in [-0.15, -0.1) is 0 Å². The highest BCUT2D eigenvalue weighted by atomic mass is 16.6. The molecule has 0 aliphatic carbocycles. The minimum atomic E-state index is -0.895. The minimum absolute atomic E-state index is 0.118. The number of aromatic nitrogens is 4. The van der Waals surface area contributed by atoms with E-state index in [0.717, 1.165) is 100 Å². The highest BCUT2D eigenvalue weighted by Gasteiger charge is 2.42. The Bertz CT molecular complexity index is 2560. The quantitative estimate of drug-likeness (QED) is 0.0951. The number of hydrogen-bond donors (Lipinski definition) is 4. The predicted octanol–water partition coefficient (Wildman–Crippen LogP) is 8.92. The number of benzene rings is 3. The molecule has 4 N–H and O–H groups in total. The highest BCUT2D eigenvalue weighted by Crippen LogP contribution is 2.53. The third-order valence-electron chi connectivity index (χ3n) is 13.6.